The van der Waals surface area contributed by atoms with E-state index >= 15 is 0 Å². The van der Waals surface area contributed by atoms with Crippen molar-refractivity contribution in [1.29, 1.82) is 5.26 Å². The highest BCUT2D eigenvalue weighted by Crippen LogP contribution is 2.45. The summed E-state index contributed by atoms with van der Waals surface area (Å²) >= 11 is 0. The van der Waals surface area contributed by atoms with E-state index in [1.165, 1.54) is 12.0 Å². The van der Waals surface area contributed by atoms with E-state index in [0.29, 0.717) is 43.2 Å². The number of hydrogen-bond acceptors (Lipinski definition) is 6. The van der Waals surface area contributed by atoms with Crippen LogP contribution in [0.2, 0.25) is 0 Å². The maximum atomic E-state index is 14.6. The molecular formula is C26H28FN7O. The lowest BCUT2D eigenvalue weighted by Crippen LogP contribution is -2.60. The number of amides is 1. The lowest BCUT2D eigenvalue weighted by Gasteiger charge is -2.45. The molecule has 35 heavy (non-hydrogen) atoms. The topological polar surface area (TPSA) is 90.9 Å². The highest BCUT2D eigenvalue weighted by atomic mass is 19.1. The van der Waals surface area contributed by atoms with Crippen LogP contribution in [0.3, 0.4) is 0 Å². The van der Waals surface area contributed by atoms with E-state index in [1.807, 2.05) is 11.5 Å². The highest BCUT2D eigenvalue weighted by Gasteiger charge is 2.54. The molecule has 0 radical (unpaired) electrons. The van der Waals surface area contributed by atoms with Crippen LogP contribution in [-0.2, 0) is 4.79 Å². The lowest BCUT2D eigenvalue weighted by molar-refractivity contribution is -0.141. The third kappa shape index (κ3) is 3.54. The predicted molar refractivity (Wildman–Crippen MR) is 129 cm³/mol. The van der Waals surface area contributed by atoms with Gasteiger partial charge in [-0.1, -0.05) is 6.42 Å². The molecule has 1 aliphatic heterocycles. The normalized spacial score (nSPS) is 23.7. The monoisotopic (exact) mass is 473 g/mol. The molecule has 9 heteroatoms. The smallest absolute Gasteiger partial charge is 0.260 e. The zero-order valence-corrected chi connectivity index (χ0v) is 20.0. The molecule has 0 aromatic carbocycles. The summed E-state index contributed by atoms with van der Waals surface area (Å²) in [6, 6.07) is 5.50. The molecule has 3 aromatic heterocycles. The van der Waals surface area contributed by atoms with Crippen molar-refractivity contribution in [3.8, 4) is 11.9 Å². The van der Waals surface area contributed by atoms with Crippen molar-refractivity contribution in [1.82, 2.24) is 24.4 Å². The van der Waals surface area contributed by atoms with Gasteiger partial charge in [0.2, 0.25) is 0 Å². The zero-order valence-electron chi connectivity index (χ0n) is 20.0. The van der Waals surface area contributed by atoms with Gasteiger partial charge in [-0.3, -0.25) is 9.36 Å². The van der Waals surface area contributed by atoms with Crippen LogP contribution >= 0.6 is 0 Å². The molecule has 0 bridgehead atoms. The van der Waals surface area contributed by atoms with Crippen molar-refractivity contribution < 1.29 is 9.18 Å². The average molecular weight is 474 g/mol. The molecule has 2 atom stereocenters. The van der Waals surface area contributed by atoms with E-state index in [4.69, 9.17) is 4.98 Å². The number of hydrogen-bond donors (Lipinski definition) is 0. The first-order valence-electron chi connectivity index (χ1n) is 12.4. The van der Waals surface area contributed by atoms with Crippen LogP contribution in [0.1, 0.15) is 63.0 Å². The Balaban J connectivity index is 1.42. The SMILES string of the molecule is C[C@@H]1CN(c2ncnc3c2c(C2CCC2)cn3-c2cc(C#N)ccn2)[C@@H](C)CN1C(=O)C1(F)CC1. The maximum absolute atomic E-state index is 14.6. The number of piperazine rings is 1. The van der Waals surface area contributed by atoms with Gasteiger partial charge in [0.1, 0.15) is 18.0 Å². The Kier molecular flexibility index (Phi) is 5.02. The summed E-state index contributed by atoms with van der Waals surface area (Å²) in [7, 11) is 0. The number of carbonyl (C=O) groups excluding carboxylic acids is 1. The van der Waals surface area contributed by atoms with Crippen molar-refractivity contribution in [2.75, 3.05) is 18.0 Å². The van der Waals surface area contributed by atoms with E-state index in [2.05, 4.69) is 34.1 Å². The Bertz CT molecular complexity index is 1350. The van der Waals surface area contributed by atoms with Gasteiger partial charge < -0.3 is 9.80 Å². The van der Waals surface area contributed by atoms with Gasteiger partial charge in [-0.25, -0.2) is 19.3 Å². The fraction of sp³-hybridized carbons (Fsp3) is 0.500. The number of nitrogens with zero attached hydrogens (tertiary/aromatic N) is 7. The van der Waals surface area contributed by atoms with Crippen molar-refractivity contribution in [3.63, 3.8) is 0 Å². The quantitative estimate of drug-likeness (QED) is 0.571. The number of alkyl halides is 1. The number of fused-ring (bicyclic) bond motifs is 1. The minimum Gasteiger partial charge on any atom is -0.349 e. The first-order chi connectivity index (χ1) is 16.9. The van der Waals surface area contributed by atoms with Crippen LogP contribution in [0.4, 0.5) is 10.2 Å². The highest BCUT2D eigenvalue weighted by molar-refractivity contribution is 5.93. The summed E-state index contributed by atoms with van der Waals surface area (Å²) in [4.78, 5) is 30.6. The number of carbonyl (C=O) groups is 1. The average Bonchev–Trinajstić information content (AvgIpc) is 3.48. The minimum atomic E-state index is -1.65. The summed E-state index contributed by atoms with van der Waals surface area (Å²) in [5.41, 5.74) is 0.849. The molecule has 1 saturated heterocycles. The Morgan fingerprint density at radius 3 is 2.66 bits per heavy atom. The molecule has 0 N–H and O–H groups in total. The number of pyridine rings is 1. The number of rotatable bonds is 4. The summed E-state index contributed by atoms with van der Waals surface area (Å²) < 4.78 is 16.5. The molecule has 0 spiro atoms. The summed E-state index contributed by atoms with van der Waals surface area (Å²) in [5, 5.41) is 10.4. The van der Waals surface area contributed by atoms with E-state index < -0.39 is 5.67 Å². The van der Waals surface area contributed by atoms with Gasteiger partial charge in [0, 0.05) is 37.6 Å². The van der Waals surface area contributed by atoms with Crippen molar-refractivity contribution in [2.24, 2.45) is 0 Å². The molecule has 180 valence electrons. The van der Waals surface area contributed by atoms with Crippen LogP contribution in [0.15, 0.2) is 30.9 Å². The van der Waals surface area contributed by atoms with Gasteiger partial charge in [0.05, 0.1) is 17.0 Å². The predicted octanol–water partition coefficient (Wildman–Crippen LogP) is 3.88. The van der Waals surface area contributed by atoms with Crippen molar-refractivity contribution >= 4 is 22.8 Å². The summed E-state index contributed by atoms with van der Waals surface area (Å²) in [6.07, 6.45) is 9.41. The first-order valence-corrected chi connectivity index (χ1v) is 12.4. The molecule has 3 fully saturated rings. The Morgan fingerprint density at radius 2 is 1.97 bits per heavy atom. The number of halogens is 1. The number of nitriles is 1. The van der Waals surface area contributed by atoms with Crippen LogP contribution in [0.25, 0.3) is 16.9 Å². The summed E-state index contributed by atoms with van der Waals surface area (Å²) in [5.74, 6) is 1.56. The van der Waals surface area contributed by atoms with Gasteiger partial charge in [-0.2, -0.15) is 5.26 Å². The Hall–Kier alpha value is -3.54. The molecule has 4 heterocycles. The second-order valence-electron chi connectivity index (χ2n) is 10.3. The van der Waals surface area contributed by atoms with Gasteiger partial charge in [-0.15, -0.1) is 0 Å². The van der Waals surface area contributed by atoms with E-state index in [-0.39, 0.29) is 18.0 Å². The molecule has 1 amide bonds. The molecular weight excluding hydrogens is 445 g/mol. The first kappa shape index (κ1) is 22.0. The van der Waals surface area contributed by atoms with Crippen LogP contribution < -0.4 is 4.90 Å². The third-order valence-corrected chi connectivity index (χ3v) is 7.85. The largest absolute Gasteiger partial charge is 0.349 e. The Morgan fingerprint density at radius 1 is 1.17 bits per heavy atom. The van der Waals surface area contributed by atoms with Gasteiger partial charge >= 0.3 is 0 Å². The number of aromatic nitrogens is 4. The van der Waals surface area contributed by atoms with E-state index in [0.717, 1.165) is 29.7 Å². The standard InChI is InChI=1S/C26H28FN7O/c1-16-13-33(25(35)26(27)7-8-26)17(2)12-32(16)23-22-20(19-4-3-5-19)14-34(24(22)31-15-30-23)21-10-18(11-28)6-9-29-21/h6,9-10,14-17,19H,3-5,7-8,12-13H2,1-2H3/t16-,17+/m0/s1. The summed E-state index contributed by atoms with van der Waals surface area (Å²) in [6.45, 7) is 5.08. The molecule has 2 saturated carbocycles. The van der Waals surface area contributed by atoms with E-state index in [9.17, 15) is 14.4 Å². The third-order valence-electron chi connectivity index (χ3n) is 7.85. The van der Waals surface area contributed by atoms with Crippen LogP contribution in [0, 0.1) is 11.3 Å². The number of anilines is 1. The fourth-order valence-corrected chi connectivity index (χ4v) is 5.40. The van der Waals surface area contributed by atoms with Crippen LogP contribution in [-0.4, -0.2) is 61.2 Å². The molecule has 2 aliphatic carbocycles. The second kappa shape index (κ2) is 8.01. The molecule has 6 rings (SSSR count). The zero-order chi connectivity index (χ0) is 24.3. The van der Waals surface area contributed by atoms with Crippen LogP contribution in [0.5, 0.6) is 0 Å². The molecule has 3 aliphatic rings. The van der Waals surface area contributed by atoms with Gasteiger partial charge in [0.15, 0.2) is 11.3 Å². The lowest BCUT2D eigenvalue weighted by atomic mass is 9.80. The second-order valence-corrected chi connectivity index (χ2v) is 10.3. The molecule has 8 nitrogen and oxygen atoms in total. The van der Waals surface area contributed by atoms with Gasteiger partial charge in [0.25, 0.3) is 5.91 Å². The molecule has 0 unspecified atom stereocenters. The minimum absolute atomic E-state index is 0.0202. The van der Waals surface area contributed by atoms with Gasteiger partial charge in [-0.05, 0) is 63.1 Å². The molecule has 3 aromatic rings. The van der Waals surface area contributed by atoms with Crippen molar-refractivity contribution in [2.45, 2.75) is 69.6 Å². The van der Waals surface area contributed by atoms with Crippen molar-refractivity contribution in [3.05, 3.63) is 42.0 Å². The van der Waals surface area contributed by atoms with E-state index in [1.54, 1.807) is 29.6 Å². The Labute approximate surface area is 203 Å². The maximum Gasteiger partial charge on any atom is 0.260 e. The fourth-order valence-electron chi connectivity index (χ4n) is 5.40.